The molecule has 0 spiro atoms. The molecule has 0 unspecified atom stereocenters. The molecule has 2 amide bonds. The van der Waals surface area contributed by atoms with Gasteiger partial charge in [0, 0.05) is 16.7 Å². The minimum atomic E-state index is -3.72. The molecule has 0 saturated carbocycles. The van der Waals surface area contributed by atoms with Gasteiger partial charge in [0.05, 0.1) is 11.9 Å². The molecule has 180 valence electrons. The third kappa shape index (κ3) is 7.99. The average Bonchev–Trinajstić information content (AvgIpc) is 2.76. The van der Waals surface area contributed by atoms with Crippen molar-refractivity contribution in [3.05, 3.63) is 63.2 Å². The summed E-state index contributed by atoms with van der Waals surface area (Å²) in [6.07, 6.45) is 2.86. The normalized spacial score (nSPS) is 12.2. The summed E-state index contributed by atoms with van der Waals surface area (Å²) in [4.78, 5) is 27.7. The topological polar surface area (TPSA) is 86.8 Å². The molecule has 0 saturated heterocycles. The van der Waals surface area contributed by atoms with Crippen LogP contribution >= 0.6 is 22.6 Å². The van der Waals surface area contributed by atoms with Gasteiger partial charge in [-0.3, -0.25) is 13.9 Å². The number of carbonyl (C=O) groups excluding carboxylic acids is 2. The van der Waals surface area contributed by atoms with Crippen LogP contribution in [0.1, 0.15) is 37.8 Å². The number of hydrogen-bond donors (Lipinski definition) is 1. The number of halogens is 1. The lowest BCUT2D eigenvalue weighted by Gasteiger charge is -2.32. The molecule has 0 fully saturated rings. The second-order valence-corrected chi connectivity index (χ2v) is 11.2. The first kappa shape index (κ1) is 27.1. The summed E-state index contributed by atoms with van der Waals surface area (Å²) in [5.74, 6) is -0.703. The van der Waals surface area contributed by atoms with Crippen LogP contribution in [0.3, 0.4) is 0 Å². The van der Waals surface area contributed by atoms with Crippen LogP contribution in [0.2, 0.25) is 0 Å². The molecule has 9 heteroatoms. The van der Waals surface area contributed by atoms with Crippen molar-refractivity contribution >= 4 is 50.1 Å². The van der Waals surface area contributed by atoms with E-state index in [2.05, 4.69) is 27.9 Å². The van der Waals surface area contributed by atoms with Crippen LogP contribution in [0.25, 0.3) is 0 Å². The Bertz CT molecular complexity index is 1060. The van der Waals surface area contributed by atoms with Gasteiger partial charge < -0.3 is 10.2 Å². The van der Waals surface area contributed by atoms with Crippen molar-refractivity contribution in [2.24, 2.45) is 0 Å². The van der Waals surface area contributed by atoms with E-state index in [0.29, 0.717) is 12.2 Å². The number of rotatable bonds is 11. The summed E-state index contributed by atoms with van der Waals surface area (Å²) in [6, 6.07) is 13.8. The van der Waals surface area contributed by atoms with Crippen LogP contribution in [0.5, 0.6) is 0 Å². The molecule has 0 radical (unpaired) electrons. The molecular weight excluding hydrogens is 553 g/mol. The van der Waals surface area contributed by atoms with Crippen molar-refractivity contribution in [3.63, 3.8) is 0 Å². The predicted molar refractivity (Wildman–Crippen MR) is 140 cm³/mol. The zero-order chi connectivity index (χ0) is 24.6. The molecule has 0 aliphatic heterocycles. The number of sulfonamides is 1. The molecule has 1 N–H and O–H groups in total. The van der Waals surface area contributed by atoms with Crippen molar-refractivity contribution in [2.45, 2.75) is 46.2 Å². The van der Waals surface area contributed by atoms with E-state index in [0.717, 1.165) is 38.1 Å². The van der Waals surface area contributed by atoms with Crippen LogP contribution in [-0.4, -0.2) is 50.5 Å². The summed E-state index contributed by atoms with van der Waals surface area (Å²) in [7, 11) is -3.72. The Morgan fingerprint density at radius 1 is 1.09 bits per heavy atom. The van der Waals surface area contributed by atoms with Gasteiger partial charge in [-0.1, -0.05) is 37.6 Å². The van der Waals surface area contributed by atoms with Crippen LogP contribution < -0.4 is 9.62 Å². The van der Waals surface area contributed by atoms with E-state index in [1.54, 1.807) is 31.2 Å². The molecule has 33 heavy (non-hydrogen) atoms. The Hall–Kier alpha value is -2.14. The van der Waals surface area contributed by atoms with Crippen LogP contribution in [0.15, 0.2) is 48.5 Å². The molecule has 0 aliphatic rings. The number of carbonyl (C=O) groups is 2. The van der Waals surface area contributed by atoms with Crippen LogP contribution in [-0.2, 0) is 26.2 Å². The summed E-state index contributed by atoms with van der Waals surface area (Å²) in [6.45, 7) is 6.00. The highest BCUT2D eigenvalue weighted by Crippen LogP contribution is 2.21. The fraction of sp³-hybridized carbons (Fsp3) is 0.417. The fourth-order valence-corrected chi connectivity index (χ4v) is 4.52. The second-order valence-electron chi connectivity index (χ2n) is 8.01. The Kier molecular flexibility index (Phi) is 10.2. The number of anilines is 1. The molecule has 2 aromatic carbocycles. The summed E-state index contributed by atoms with van der Waals surface area (Å²) < 4.78 is 27.1. The van der Waals surface area contributed by atoms with Gasteiger partial charge in [-0.05, 0) is 78.3 Å². The van der Waals surface area contributed by atoms with Crippen molar-refractivity contribution in [1.29, 1.82) is 0 Å². The SMILES string of the molecule is CCCCNC(=O)[C@H](C)N(Cc1ccccc1C)C(=O)CN(c1ccc(I)cc1)S(C)(=O)=O. The third-order valence-electron chi connectivity index (χ3n) is 5.39. The smallest absolute Gasteiger partial charge is 0.244 e. The molecule has 0 heterocycles. The Balaban J connectivity index is 2.35. The van der Waals surface area contributed by atoms with E-state index < -0.39 is 28.5 Å². The zero-order valence-corrected chi connectivity index (χ0v) is 22.5. The van der Waals surface area contributed by atoms with Gasteiger partial charge in [0.2, 0.25) is 21.8 Å². The van der Waals surface area contributed by atoms with Gasteiger partial charge >= 0.3 is 0 Å². The molecule has 7 nitrogen and oxygen atoms in total. The molecule has 0 aliphatic carbocycles. The first-order valence-electron chi connectivity index (χ1n) is 10.9. The minimum Gasteiger partial charge on any atom is -0.354 e. The van der Waals surface area contributed by atoms with Gasteiger partial charge in [-0.25, -0.2) is 8.42 Å². The van der Waals surface area contributed by atoms with Crippen molar-refractivity contribution in [1.82, 2.24) is 10.2 Å². The van der Waals surface area contributed by atoms with Crippen LogP contribution in [0, 0.1) is 10.5 Å². The van der Waals surface area contributed by atoms with Crippen molar-refractivity contribution in [3.8, 4) is 0 Å². The van der Waals surface area contributed by atoms with E-state index in [4.69, 9.17) is 0 Å². The van der Waals surface area contributed by atoms with Gasteiger partial charge in [-0.15, -0.1) is 0 Å². The molecule has 0 aromatic heterocycles. The second kappa shape index (κ2) is 12.4. The first-order valence-corrected chi connectivity index (χ1v) is 13.8. The van der Waals surface area contributed by atoms with Crippen molar-refractivity contribution in [2.75, 3.05) is 23.7 Å². The maximum absolute atomic E-state index is 13.5. The minimum absolute atomic E-state index is 0.207. The Morgan fingerprint density at radius 2 is 1.73 bits per heavy atom. The number of benzene rings is 2. The van der Waals surface area contributed by atoms with Gasteiger partial charge in [0.15, 0.2) is 0 Å². The van der Waals surface area contributed by atoms with Crippen molar-refractivity contribution < 1.29 is 18.0 Å². The molecule has 1 atom stereocenters. The maximum atomic E-state index is 13.5. The molecule has 2 aromatic rings. The number of nitrogens with zero attached hydrogens (tertiary/aromatic N) is 2. The van der Waals surface area contributed by atoms with E-state index >= 15 is 0 Å². The lowest BCUT2D eigenvalue weighted by Crippen LogP contribution is -2.51. The third-order valence-corrected chi connectivity index (χ3v) is 7.25. The average molecular weight is 586 g/mol. The van der Waals surface area contributed by atoms with E-state index in [-0.39, 0.29) is 12.5 Å². The van der Waals surface area contributed by atoms with E-state index in [1.807, 2.05) is 38.1 Å². The number of hydrogen-bond acceptors (Lipinski definition) is 4. The first-order chi connectivity index (χ1) is 15.5. The summed E-state index contributed by atoms with van der Waals surface area (Å²) in [5.41, 5.74) is 2.30. The highest BCUT2D eigenvalue weighted by molar-refractivity contribution is 14.1. The standard InChI is InChI=1S/C24H32IN3O4S/c1-5-6-15-26-24(30)19(3)27(16-20-10-8-7-9-18(20)2)23(29)17-28(33(4,31)32)22-13-11-21(25)12-14-22/h7-14,19H,5-6,15-17H2,1-4H3,(H,26,30)/t19-/m0/s1. The predicted octanol–water partition coefficient (Wildman–Crippen LogP) is 3.70. The fourth-order valence-electron chi connectivity index (χ4n) is 3.31. The Morgan fingerprint density at radius 3 is 2.30 bits per heavy atom. The molecular formula is C24H32IN3O4S. The summed E-state index contributed by atoms with van der Waals surface area (Å²) in [5, 5.41) is 2.88. The number of amides is 2. The Labute approximate surface area is 210 Å². The number of nitrogens with one attached hydrogen (secondary N) is 1. The molecule has 0 bridgehead atoms. The largest absolute Gasteiger partial charge is 0.354 e. The quantitative estimate of drug-likeness (QED) is 0.322. The number of unbranched alkanes of at least 4 members (excludes halogenated alkanes) is 1. The molecule has 2 rings (SSSR count). The lowest BCUT2D eigenvalue weighted by atomic mass is 10.1. The highest BCUT2D eigenvalue weighted by Gasteiger charge is 2.30. The maximum Gasteiger partial charge on any atom is 0.244 e. The van der Waals surface area contributed by atoms with Crippen LogP contribution in [0.4, 0.5) is 5.69 Å². The monoisotopic (exact) mass is 585 g/mol. The lowest BCUT2D eigenvalue weighted by molar-refractivity contribution is -0.139. The number of aryl methyl sites for hydroxylation is 1. The van der Waals surface area contributed by atoms with E-state index in [9.17, 15) is 18.0 Å². The van der Waals surface area contributed by atoms with Gasteiger partial charge in [-0.2, -0.15) is 0 Å². The zero-order valence-electron chi connectivity index (χ0n) is 19.5. The highest BCUT2D eigenvalue weighted by atomic mass is 127. The summed E-state index contributed by atoms with van der Waals surface area (Å²) >= 11 is 2.13. The van der Waals surface area contributed by atoms with E-state index in [1.165, 1.54) is 4.90 Å². The van der Waals surface area contributed by atoms with Gasteiger partial charge in [0.1, 0.15) is 12.6 Å². The van der Waals surface area contributed by atoms with Gasteiger partial charge in [0.25, 0.3) is 0 Å².